The Bertz CT molecular complexity index is 3510. The lowest BCUT2D eigenvalue weighted by Crippen LogP contribution is -2.16. The number of furan rings is 1. The second-order valence-electron chi connectivity index (χ2n) is 16.9. The zero-order valence-electron chi connectivity index (χ0n) is 34.1. The number of nitrogens with zero attached hydrogens (tertiary/aromatic N) is 1. The van der Waals surface area contributed by atoms with Crippen molar-refractivity contribution in [3.05, 3.63) is 223 Å². The molecule has 11 aromatic rings. The predicted octanol–water partition coefficient (Wildman–Crippen LogP) is 16.7. The molecule has 0 radical (unpaired) electrons. The van der Waals surface area contributed by atoms with Gasteiger partial charge in [-0.15, -0.1) is 0 Å². The van der Waals surface area contributed by atoms with Gasteiger partial charge in [0.1, 0.15) is 11.2 Å². The van der Waals surface area contributed by atoms with Crippen LogP contribution in [0.2, 0.25) is 0 Å². The summed E-state index contributed by atoms with van der Waals surface area (Å²) in [7, 11) is 0. The van der Waals surface area contributed by atoms with Crippen LogP contribution in [0, 0.1) is 0 Å². The third kappa shape index (κ3) is 5.56. The number of hydrogen-bond acceptors (Lipinski definition) is 2. The van der Waals surface area contributed by atoms with Gasteiger partial charge >= 0.3 is 0 Å². The molecule has 1 heterocycles. The van der Waals surface area contributed by atoms with E-state index in [4.69, 9.17) is 4.42 Å². The Kier molecular flexibility index (Phi) is 7.92. The van der Waals surface area contributed by atoms with E-state index in [-0.39, 0.29) is 5.41 Å². The van der Waals surface area contributed by atoms with Gasteiger partial charge in [0.2, 0.25) is 0 Å². The number of rotatable bonds is 6. The van der Waals surface area contributed by atoms with Crippen molar-refractivity contribution >= 4 is 60.5 Å². The van der Waals surface area contributed by atoms with Crippen LogP contribution in [0.4, 0.5) is 17.1 Å². The molecule has 61 heavy (non-hydrogen) atoms. The van der Waals surface area contributed by atoms with E-state index in [2.05, 4.69) is 231 Å². The standard InChI is InChI=1S/C59H41NO/c1-59(2)53-34-31-41(38-15-4-3-5-16-38)36-52(53)49-33-32-44(37-54(49)59)60(43-22-10-21-42(35-43)47-25-11-19-39-17-6-8-23-45(39)47)55-29-14-30-56-57(55)51-28-13-27-50(58(51)61-56)48-26-12-20-40-18-7-9-24-46(40)48/h3-37H,1-2H3. The summed E-state index contributed by atoms with van der Waals surface area (Å²) in [6.45, 7) is 4.74. The molecule has 0 atom stereocenters. The van der Waals surface area contributed by atoms with Crippen LogP contribution in [0.1, 0.15) is 25.0 Å². The molecule has 0 saturated heterocycles. The van der Waals surface area contributed by atoms with E-state index in [9.17, 15) is 0 Å². The van der Waals surface area contributed by atoms with E-state index in [0.29, 0.717) is 0 Å². The zero-order chi connectivity index (χ0) is 40.7. The lowest BCUT2D eigenvalue weighted by molar-refractivity contribution is 0.660. The number of benzene rings is 10. The summed E-state index contributed by atoms with van der Waals surface area (Å²) in [6.07, 6.45) is 0. The van der Waals surface area contributed by atoms with Crippen LogP contribution in [0.3, 0.4) is 0 Å². The van der Waals surface area contributed by atoms with Crippen molar-refractivity contribution in [2.24, 2.45) is 0 Å². The quantitative estimate of drug-likeness (QED) is 0.167. The van der Waals surface area contributed by atoms with Gasteiger partial charge < -0.3 is 9.32 Å². The maximum Gasteiger partial charge on any atom is 0.143 e. The Morgan fingerprint density at radius 3 is 1.82 bits per heavy atom. The minimum Gasteiger partial charge on any atom is -0.455 e. The fourth-order valence-corrected chi connectivity index (χ4v) is 10.1. The topological polar surface area (TPSA) is 16.4 Å². The summed E-state index contributed by atoms with van der Waals surface area (Å²) >= 11 is 0. The maximum absolute atomic E-state index is 6.96. The summed E-state index contributed by atoms with van der Waals surface area (Å²) in [5.74, 6) is 0. The largest absolute Gasteiger partial charge is 0.455 e. The van der Waals surface area contributed by atoms with Crippen LogP contribution in [-0.2, 0) is 5.41 Å². The van der Waals surface area contributed by atoms with Crippen LogP contribution >= 0.6 is 0 Å². The molecular formula is C59H41NO. The van der Waals surface area contributed by atoms with Crippen molar-refractivity contribution in [3.8, 4) is 44.5 Å². The van der Waals surface area contributed by atoms with E-state index in [0.717, 1.165) is 44.6 Å². The van der Waals surface area contributed by atoms with Crippen molar-refractivity contribution in [2.45, 2.75) is 19.3 Å². The normalized spacial score (nSPS) is 12.9. The summed E-state index contributed by atoms with van der Waals surface area (Å²) in [5.41, 5.74) is 17.2. The molecule has 2 heteroatoms. The highest BCUT2D eigenvalue weighted by Crippen LogP contribution is 2.53. The van der Waals surface area contributed by atoms with E-state index in [1.54, 1.807) is 0 Å². The van der Waals surface area contributed by atoms with Gasteiger partial charge in [-0.25, -0.2) is 0 Å². The molecule has 0 aliphatic heterocycles. The Labute approximate surface area is 355 Å². The average Bonchev–Trinajstić information content (AvgIpc) is 3.81. The van der Waals surface area contributed by atoms with Gasteiger partial charge in [-0.1, -0.05) is 184 Å². The molecule has 2 nitrogen and oxygen atoms in total. The molecule has 1 aromatic heterocycles. The fraction of sp³-hybridized carbons (Fsp3) is 0.0508. The Morgan fingerprint density at radius 2 is 1.00 bits per heavy atom. The van der Waals surface area contributed by atoms with E-state index < -0.39 is 0 Å². The zero-order valence-corrected chi connectivity index (χ0v) is 34.1. The molecule has 12 rings (SSSR count). The average molecular weight is 780 g/mol. The van der Waals surface area contributed by atoms with Crippen molar-refractivity contribution in [3.63, 3.8) is 0 Å². The molecule has 0 fully saturated rings. The molecule has 1 aliphatic carbocycles. The van der Waals surface area contributed by atoms with E-state index in [1.165, 1.54) is 71.6 Å². The van der Waals surface area contributed by atoms with Crippen LogP contribution < -0.4 is 4.90 Å². The molecular weight excluding hydrogens is 739 g/mol. The van der Waals surface area contributed by atoms with Crippen LogP contribution in [-0.4, -0.2) is 0 Å². The minimum absolute atomic E-state index is 0.200. The first-order valence-corrected chi connectivity index (χ1v) is 21.2. The van der Waals surface area contributed by atoms with Gasteiger partial charge in [0.05, 0.1) is 11.1 Å². The first-order valence-electron chi connectivity index (χ1n) is 21.2. The number of para-hydroxylation sites is 1. The first kappa shape index (κ1) is 35.3. The SMILES string of the molecule is CC1(C)c2ccc(-c3ccccc3)cc2-c2ccc(N(c3cccc(-c4cccc5ccccc45)c3)c3cccc4oc5c(-c6cccc7ccccc67)cccc5c34)cc21. The third-order valence-electron chi connectivity index (χ3n) is 13.1. The van der Waals surface area contributed by atoms with E-state index >= 15 is 0 Å². The molecule has 0 spiro atoms. The minimum atomic E-state index is -0.200. The molecule has 0 unspecified atom stereocenters. The van der Waals surface area contributed by atoms with Gasteiger partial charge in [0.15, 0.2) is 0 Å². The van der Waals surface area contributed by atoms with Gasteiger partial charge in [0.25, 0.3) is 0 Å². The van der Waals surface area contributed by atoms with Gasteiger partial charge in [-0.05, 0) is 114 Å². The summed E-state index contributed by atoms with van der Waals surface area (Å²) in [5, 5.41) is 7.07. The van der Waals surface area contributed by atoms with Crippen LogP contribution in [0.5, 0.6) is 0 Å². The smallest absolute Gasteiger partial charge is 0.143 e. The van der Waals surface area contributed by atoms with Gasteiger partial charge in [-0.2, -0.15) is 0 Å². The summed E-state index contributed by atoms with van der Waals surface area (Å²) in [6, 6.07) is 77.3. The number of hydrogen-bond donors (Lipinski definition) is 0. The summed E-state index contributed by atoms with van der Waals surface area (Å²) < 4.78 is 6.96. The lowest BCUT2D eigenvalue weighted by Gasteiger charge is -2.29. The number of anilines is 3. The van der Waals surface area contributed by atoms with Gasteiger partial charge in [0, 0.05) is 27.7 Å². The van der Waals surface area contributed by atoms with Gasteiger partial charge in [-0.3, -0.25) is 0 Å². The highest BCUT2D eigenvalue weighted by Gasteiger charge is 2.36. The van der Waals surface area contributed by atoms with Crippen molar-refractivity contribution < 1.29 is 4.42 Å². The molecule has 10 aromatic carbocycles. The monoisotopic (exact) mass is 779 g/mol. The second-order valence-corrected chi connectivity index (χ2v) is 16.9. The Balaban J connectivity index is 1.08. The van der Waals surface area contributed by atoms with E-state index in [1.807, 2.05) is 0 Å². The third-order valence-corrected chi connectivity index (χ3v) is 13.1. The molecule has 0 N–H and O–H groups in total. The Hall–Kier alpha value is -7.68. The molecule has 288 valence electrons. The fourth-order valence-electron chi connectivity index (χ4n) is 10.1. The highest BCUT2D eigenvalue weighted by molar-refractivity contribution is 6.17. The summed E-state index contributed by atoms with van der Waals surface area (Å²) in [4.78, 5) is 2.45. The van der Waals surface area contributed by atoms with Crippen LogP contribution in [0.15, 0.2) is 217 Å². The molecule has 0 bridgehead atoms. The molecule has 0 amide bonds. The second kappa shape index (κ2) is 13.7. The molecule has 0 saturated carbocycles. The molecule has 1 aliphatic rings. The van der Waals surface area contributed by atoms with Crippen molar-refractivity contribution in [1.29, 1.82) is 0 Å². The van der Waals surface area contributed by atoms with Crippen LogP contribution in [0.25, 0.3) is 88.0 Å². The van der Waals surface area contributed by atoms with Crippen molar-refractivity contribution in [1.82, 2.24) is 0 Å². The Morgan fingerprint density at radius 1 is 0.377 bits per heavy atom. The first-order chi connectivity index (χ1) is 30.0. The maximum atomic E-state index is 6.96. The predicted molar refractivity (Wildman–Crippen MR) is 257 cm³/mol. The highest BCUT2D eigenvalue weighted by atomic mass is 16.3. The van der Waals surface area contributed by atoms with Crippen molar-refractivity contribution in [2.75, 3.05) is 4.90 Å². The number of fused-ring (bicyclic) bond motifs is 8. The lowest BCUT2D eigenvalue weighted by atomic mass is 9.82.